The Morgan fingerprint density at radius 2 is 1.57 bits per heavy atom. The predicted molar refractivity (Wildman–Crippen MR) is 80.3 cm³/mol. The molecule has 0 bridgehead atoms. The van der Waals surface area contributed by atoms with E-state index in [1.54, 1.807) is 12.5 Å². The smallest absolute Gasteiger partial charge is 0.229 e. The standard InChI is InChI=1S/C14H10O2.C4H4O/c15-12-8-7-10-6-5-9-3-1-2-4-11(9)13(10)14(12)16;1-2-4-5-3-1/h1-6H,7-8H2;1-4H. The number of furan rings is 1. The maximum Gasteiger partial charge on any atom is 0.229 e. The minimum Gasteiger partial charge on any atom is -0.473 e. The molecule has 0 unspecified atom stereocenters. The van der Waals surface area contributed by atoms with Crippen LogP contribution in [0.5, 0.6) is 0 Å². The molecule has 3 nitrogen and oxygen atoms in total. The number of carbonyl (C=O) groups is 2. The van der Waals surface area contributed by atoms with Crippen LogP contribution in [0, 0.1) is 0 Å². The van der Waals surface area contributed by atoms with E-state index in [1.165, 1.54) is 0 Å². The summed E-state index contributed by atoms with van der Waals surface area (Å²) >= 11 is 0. The van der Waals surface area contributed by atoms with Crippen LogP contribution in [0.15, 0.2) is 65.5 Å². The first-order valence-corrected chi connectivity index (χ1v) is 6.82. The van der Waals surface area contributed by atoms with Crippen LogP contribution in [-0.4, -0.2) is 11.6 Å². The van der Waals surface area contributed by atoms with E-state index in [-0.39, 0.29) is 11.6 Å². The number of fused-ring (bicyclic) bond motifs is 3. The van der Waals surface area contributed by atoms with Crippen molar-refractivity contribution < 1.29 is 14.0 Å². The van der Waals surface area contributed by atoms with Gasteiger partial charge in [-0.25, -0.2) is 0 Å². The Balaban J connectivity index is 0.000000225. The molecular weight excluding hydrogens is 264 g/mol. The second kappa shape index (κ2) is 5.75. The van der Waals surface area contributed by atoms with Crippen LogP contribution in [-0.2, 0) is 11.2 Å². The van der Waals surface area contributed by atoms with E-state index in [1.807, 2.05) is 48.5 Å². The van der Waals surface area contributed by atoms with E-state index < -0.39 is 0 Å². The lowest BCUT2D eigenvalue weighted by Crippen LogP contribution is -2.22. The molecule has 1 aliphatic rings. The van der Waals surface area contributed by atoms with Gasteiger partial charge in [-0.3, -0.25) is 9.59 Å². The van der Waals surface area contributed by atoms with E-state index in [0.29, 0.717) is 18.4 Å². The summed E-state index contributed by atoms with van der Waals surface area (Å²) in [6.07, 6.45) is 4.29. The number of Topliss-reactive ketones (excluding diaryl/α,β-unsaturated/α-hetero) is 2. The molecule has 1 aliphatic carbocycles. The first kappa shape index (κ1) is 13.3. The summed E-state index contributed by atoms with van der Waals surface area (Å²) in [6, 6.07) is 15.3. The Labute approximate surface area is 122 Å². The fourth-order valence-electron chi connectivity index (χ4n) is 2.52. The maximum absolute atomic E-state index is 11.9. The van der Waals surface area contributed by atoms with Crippen molar-refractivity contribution in [2.75, 3.05) is 0 Å². The third-order valence-corrected chi connectivity index (χ3v) is 3.54. The number of aryl methyl sites for hydroxylation is 1. The van der Waals surface area contributed by atoms with Gasteiger partial charge in [-0.2, -0.15) is 0 Å². The van der Waals surface area contributed by atoms with Gasteiger partial charge in [0.05, 0.1) is 12.5 Å². The predicted octanol–water partition coefficient (Wildman–Crippen LogP) is 3.82. The minimum atomic E-state index is -0.321. The number of hydrogen-bond donors (Lipinski definition) is 0. The largest absolute Gasteiger partial charge is 0.473 e. The molecule has 0 fully saturated rings. The van der Waals surface area contributed by atoms with Gasteiger partial charge in [0.1, 0.15) is 0 Å². The highest BCUT2D eigenvalue weighted by Crippen LogP contribution is 2.27. The molecule has 0 saturated heterocycles. The van der Waals surface area contributed by atoms with Gasteiger partial charge in [-0.1, -0.05) is 36.4 Å². The molecular formula is C18H14O3. The topological polar surface area (TPSA) is 47.3 Å². The van der Waals surface area contributed by atoms with Crippen molar-refractivity contribution in [3.05, 3.63) is 72.2 Å². The molecule has 0 amide bonds. The zero-order valence-corrected chi connectivity index (χ0v) is 11.4. The van der Waals surface area contributed by atoms with Gasteiger partial charge in [0.2, 0.25) is 11.6 Å². The zero-order valence-electron chi connectivity index (χ0n) is 11.4. The second-order valence-corrected chi connectivity index (χ2v) is 4.87. The molecule has 0 N–H and O–H groups in total. The highest BCUT2D eigenvalue weighted by Gasteiger charge is 2.26. The third kappa shape index (κ3) is 2.63. The monoisotopic (exact) mass is 278 g/mol. The third-order valence-electron chi connectivity index (χ3n) is 3.54. The molecule has 3 aromatic rings. The summed E-state index contributed by atoms with van der Waals surface area (Å²) in [5.41, 5.74) is 1.62. The van der Waals surface area contributed by atoms with Crippen LogP contribution in [0.25, 0.3) is 10.8 Å². The highest BCUT2D eigenvalue weighted by atomic mass is 16.3. The Morgan fingerprint density at radius 3 is 2.29 bits per heavy atom. The first-order valence-electron chi connectivity index (χ1n) is 6.82. The number of carbonyl (C=O) groups excluding carboxylic acids is 2. The van der Waals surface area contributed by atoms with Crippen LogP contribution < -0.4 is 0 Å². The van der Waals surface area contributed by atoms with E-state index in [4.69, 9.17) is 0 Å². The Morgan fingerprint density at radius 1 is 0.810 bits per heavy atom. The van der Waals surface area contributed by atoms with Crippen molar-refractivity contribution in [2.45, 2.75) is 12.8 Å². The molecule has 0 saturated carbocycles. The first-order chi connectivity index (χ1) is 10.3. The molecule has 104 valence electrons. The maximum atomic E-state index is 11.9. The highest BCUT2D eigenvalue weighted by molar-refractivity contribution is 6.47. The molecule has 3 heteroatoms. The lowest BCUT2D eigenvalue weighted by atomic mass is 9.86. The SMILES string of the molecule is O=C1CCc2ccc3ccccc3c2C1=O.c1ccoc1. The summed E-state index contributed by atoms with van der Waals surface area (Å²) in [7, 11) is 0. The quantitative estimate of drug-likeness (QED) is 0.587. The van der Waals surface area contributed by atoms with Crippen molar-refractivity contribution >= 4 is 22.3 Å². The van der Waals surface area contributed by atoms with Crippen LogP contribution in [0.1, 0.15) is 22.3 Å². The van der Waals surface area contributed by atoms with Gasteiger partial charge >= 0.3 is 0 Å². The van der Waals surface area contributed by atoms with Crippen molar-refractivity contribution in [2.24, 2.45) is 0 Å². The second-order valence-electron chi connectivity index (χ2n) is 4.87. The lowest BCUT2D eigenvalue weighted by molar-refractivity contribution is -0.115. The zero-order chi connectivity index (χ0) is 14.7. The Bertz CT molecular complexity index is 768. The van der Waals surface area contributed by atoms with Gasteiger partial charge in [0.25, 0.3) is 0 Å². The Hall–Kier alpha value is -2.68. The normalized spacial score (nSPS) is 13.5. The van der Waals surface area contributed by atoms with Crippen LogP contribution >= 0.6 is 0 Å². The molecule has 2 aromatic carbocycles. The van der Waals surface area contributed by atoms with E-state index >= 15 is 0 Å². The van der Waals surface area contributed by atoms with Crippen molar-refractivity contribution in [1.82, 2.24) is 0 Å². The Kier molecular flexibility index (Phi) is 3.65. The van der Waals surface area contributed by atoms with Gasteiger partial charge < -0.3 is 4.42 Å². The fraction of sp³-hybridized carbons (Fsp3) is 0.111. The molecule has 0 radical (unpaired) electrons. The minimum absolute atomic E-state index is 0.260. The fourth-order valence-corrected chi connectivity index (χ4v) is 2.52. The van der Waals surface area contributed by atoms with Gasteiger partial charge in [0.15, 0.2) is 0 Å². The number of hydrogen-bond acceptors (Lipinski definition) is 3. The summed E-state index contributed by atoms with van der Waals surface area (Å²) in [6.45, 7) is 0. The lowest BCUT2D eigenvalue weighted by Gasteiger charge is -2.15. The number of benzene rings is 2. The molecule has 1 heterocycles. The van der Waals surface area contributed by atoms with Gasteiger partial charge in [-0.15, -0.1) is 0 Å². The molecule has 0 spiro atoms. The van der Waals surface area contributed by atoms with Crippen LogP contribution in [0.2, 0.25) is 0 Å². The van der Waals surface area contributed by atoms with E-state index in [0.717, 1.165) is 16.3 Å². The van der Waals surface area contributed by atoms with E-state index in [9.17, 15) is 9.59 Å². The molecule has 0 atom stereocenters. The summed E-state index contributed by atoms with van der Waals surface area (Å²) in [5, 5.41) is 1.92. The van der Waals surface area contributed by atoms with Crippen molar-refractivity contribution in [3.8, 4) is 0 Å². The van der Waals surface area contributed by atoms with Gasteiger partial charge in [0, 0.05) is 12.0 Å². The molecule has 1 aromatic heterocycles. The van der Waals surface area contributed by atoms with Crippen LogP contribution in [0.3, 0.4) is 0 Å². The average Bonchev–Trinajstić information content (AvgIpc) is 3.10. The summed E-state index contributed by atoms with van der Waals surface area (Å²) in [4.78, 5) is 23.3. The number of rotatable bonds is 0. The van der Waals surface area contributed by atoms with E-state index in [2.05, 4.69) is 4.42 Å². The van der Waals surface area contributed by atoms with Crippen molar-refractivity contribution in [3.63, 3.8) is 0 Å². The summed E-state index contributed by atoms with van der Waals surface area (Å²) in [5.74, 6) is -0.582. The molecule has 4 rings (SSSR count). The van der Waals surface area contributed by atoms with Gasteiger partial charge in [-0.05, 0) is 34.9 Å². The summed E-state index contributed by atoms with van der Waals surface area (Å²) < 4.78 is 4.58. The van der Waals surface area contributed by atoms with Crippen LogP contribution in [0.4, 0.5) is 0 Å². The van der Waals surface area contributed by atoms with Crippen molar-refractivity contribution in [1.29, 1.82) is 0 Å². The molecule has 0 aliphatic heterocycles. The average molecular weight is 278 g/mol. The molecule has 21 heavy (non-hydrogen) atoms. The number of ketones is 2.